The zero-order valence-corrected chi connectivity index (χ0v) is 17.8. The van der Waals surface area contributed by atoms with Gasteiger partial charge in [-0.2, -0.15) is 0 Å². The van der Waals surface area contributed by atoms with Crippen LogP contribution >= 0.6 is 0 Å². The largest absolute Gasteiger partial charge is 0.508 e. The highest BCUT2D eigenvalue weighted by Crippen LogP contribution is 2.33. The summed E-state index contributed by atoms with van der Waals surface area (Å²) in [6.07, 6.45) is 0. The first-order chi connectivity index (χ1) is 14.3. The van der Waals surface area contributed by atoms with Crippen LogP contribution in [0.3, 0.4) is 0 Å². The van der Waals surface area contributed by atoms with Gasteiger partial charge < -0.3 is 9.67 Å². The molecule has 0 aliphatic rings. The smallest absolute Gasteiger partial charge is 0.184 e. The molecular weight excluding hydrogens is 394 g/mol. The van der Waals surface area contributed by atoms with Crippen LogP contribution < -0.4 is 0 Å². The molecule has 0 saturated heterocycles. The van der Waals surface area contributed by atoms with E-state index in [1.165, 1.54) is 0 Å². The van der Waals surface area contributed by atoms with Crippen molar-refractivity contribution in [2.75, 3.05) is 0 Å². The van der Waals surface area contributed by atoms with Gasteiger partial charge in [-0.25, -0.2) is 8.42 Å². The normalized spacial score (nSPS) is 11.7. The molecule has 0 atom stereocenters. The Hall–Kier alpha value is -3.31. The fourth-order valence-electron chi connectivity index (χ4n) is 3.96. The SMILES string of the molecule is C=C(O)c1ccc(-c2ccccc2)cc1CS(=O)(=O)c1c(C)n(C)c2ccccc12. The van der Waals surface area contributed by atoms with Crippen molar-refractivity contribution in [3.05, 3.63) is 96.2 Å². The first-order valence-corrected chi connectivity index (χ1v) is 11.3. The molecule has 1 aromatic heterocycles. The van der Waals surface area contributed by atoms with Crippen LogP contribution in [0.1, 0.15) is 16.8 Å². The van der Waals surface area contributed by atoms with Crippen LogP contribution in [0.2, 0.25) is 0 Å². The third-order valence-electron chi connectivity index (χ3n) is 5.52. The standard InChI is InChI=1S/C25H23NO3S/c1-17-25(23-11-7-8-12-24(23)26(17)3)30(28,29)16-21-15-20(13-14-22(21)18(2)27)19-9-5-4-6-10-19/h4-15,27H,2,16H2,1,3H3. The highest BCUT2D eigenvalue weighted by Gasteiger charge is 2.26. The lowest BCUT2D eigenvalue weighted by Crippen LogP contribution is -2.09. The van der Waals surface area contributed by atoms with E-state index in [1.807, 2.05) is 85.3 Å². The number of hydrogen-bond donors (Lipinski definition) is 1. The van der Waals surface area contributed by atoms with Crippen LogP contribution in [0, 0.1) is 6.92 Å². The van der Waals surface area contributed by atoms with Crippen LogP contribution in [0.15, 0.2) is 84.3 Å². The molecule has 5 heteroatoms. The maximum absolute atomic E-state index is 13.5. The molecule has 30 heavy (non-hydrogen) atoms. The molecule has 152 valence electrons. The summed E-state index contributed by atoms with van der Waals surface area (Å²) < 4.78 is 29.0. The Morgan fingerprint density at radius 3 is 2.33 bits per heavy atom. The van der Waals surface area contributed by atoms with Gasteiger partial charge >= 0.3 is 0 Å². The van der Waals surface area contributed by atoms with Crippen LogP contribution in [0.5, 0.6) is 0 Å². The lowest BCUT2D eigenvalue weighted by Gasteiger charge is -2.13. The average molecular weight is 418 g/mol. The van der Waals surface area contributed by atoms with Gasteiger partial charge in [-0.3, -0.25) is 0 Å². The fraction of sp³-hybridized carbons (Fsp3) is 0.120. The van der Waals surface area contributed by atoms with Crippen molar-refractivity contribution in [2.45, 2.75) is 17.6 Å². The summed E-state index contributed by atoms with van der Waals surface area (Å²) in [5.74, 6) is -0.369. The van der Waals surface area contributed by atoms with Crippen molar-refractivity contribution in [3.8, 4) is 11.1 Å². The quantitative estimate of drug-likeness (QED) is 0.427. The predicted octanol–water partition coefficient (Wildman–Crippen LogP) is 5.66. The van der Waals surface area contributed by atoms with E-state index in [1.54, 1.807) is 6.07 Å². The molecule has 0 amide bonds. The summed E-state index contributed by atoms with van der Waals surface area (Å²) in [4.78, 5) is 0.334. The summed E-state index contributed by atoms with van der Waals surface area (Å²) in [6, 6.07) is 22.6. The van der Waals surface area contributed by atoms with Crippen molar-refractivity contribution in [1.29, 1.82) is 0 Å². The van der Waals surface area contributed by atoms with E-state index >= 15 is 0 Å². The number of sulfone groups is 1. The van der Waals surface area contributed by atoms with E-state index in [4.69, 9.17) is 0 Å². The van der Waals surface area contributed by atoms with Crippen LogP contribution in [-0.2, 0) is 22.6 Å². The first kappa shape index (κ1) is 20.0. The Labute approximate surface area is 176 Å². The second-order valence-electron chi connectivity index (χ2n) is 7.43. The van der Waals surface area contributed by atoms with Crippen molar-refractivity contribution in [3.63, 3.8) is 0 Å². The molecule has 4 rings (SSSR count). The molecule has 3 aromatic carbocycles. The number of nitrogens with zero attached hydrogens (tertiary/aromatic N) is 1. The minimum atomic E-state index is -3.68. The Bertz CT molecular complexity index is 1370. The van der Waals surface area contributed by atoms with Gasteiger partial charge in [-0.15, -0.1) is 0 Å². The number of para-hydroxylation sites is 1. The number of benzene rings is 3. The molecule has 0 unspecified atom stereocenters. The van der Waals surface area contributed by atoms with Crippen LogP contribution in [-0.4, -0.2) is 18.1 Å². The van der Waals surface area contributed by atoms with E-state index in [0.29, 0.717) is 27.1 Å². The molecule has 0 fully saturated rings. The molecule has 4 aromatic rings. The number of aliphatic hydroxyl groups excluding tert-OH is 1. The van der Waals surface area contributed by atoms with Gasteiger partial charge in [0.25, 0.3) is 0 Å². The molecule has 4 nitrogen and oxygen atoms in total. The predicted molar refractivity (Wildman–Crippen MR) is 122 cm³/mol. The minimum Gasteiger partial charge on any atom is -0.508 e. The number of aryl methyl sites for hydroxylation is 1. The van der Waals surface area contributed by atoms with Crippen molar-refractivity contribution < 1.29 is 13.5 Å². The molecule has 0 radical (unpaired) electrons. The molecular formula is C25H23NO3S. The maximum Gasteiger partial charge on any atom is 0.184 e. The van der Waals surface area contributed by atoms with E-state index < -0.39 is 9.84 Å². The van der Waals surface area contributed by atoms with Crippen LogP contribution in [0.4, 0.5) is 0 Å². The lowest BCUT2D eigenvalue weighted by molar-refractivity contribution is 0.513. The molecule has 0 aliphatic heterocycles. The molecule has 0 spiro atoms. The van der Waals surface area contributed by atoms with Crippen molar-refractivity contribution >= 4 is 26.5 Å². The van der Waals surface area contributed by atoms with Crippen molar-refractivity contribution in [1.82, 2.24) is 4.57 Å². The molecule has 0 bridgehead atoms. The Kier molecular flexibility index (Phi) is 5.00. The Morgan fingerprint density at radius 1 is 0.967 bits per heavy atom. The fourth-order valence-corrected chi connectivity index (χ4v) is 5.85. The molecule has 1 N–H and O–H groups in total. The van der Waals surface area contributed by atoms with E-state index in [-0.39, 0.29) is 11.5 Å². The third-order valence-corrected chi connectivity index (χ3v) is 7.35. The molecule has 0 aliphatic carbocycles. The first-order valence-electron chi connectivity index (χ1n) is 9.63. The highest BCUT2D eigenvalue weighted by molar-refractivity contribution is 7.91. The Morgan fingerprint density at radius 2 is 1.63 bits per heavy atom. The summed E-state index contributed by atoms with van der Waals surface area (Å²) in [5.41, 5.74) is 4.40. The maximum atomic E-state index is 13.5. The summed E-state index contributed by atoms with van der Waals surface area (Å²) in [5, 5.41) is 10.8. The van der Waals surface area contributed by atoms with E-state index in [9.17, 15) is 13.5 Å². The number of fused-ring (bicyclic) bond motifs is 1. The second-order valence-corrected chi connectivity index (χ2v) is 9.36. The topological polar surface area (TPSA) is 59.3 Å². The van der Waals surface area contributed by atoms with Gasteiger partial charge in [-0.05, 0) is 35.7 Å². The number of hydrogen-bond acceptors (Lipinski definition) is 3. The zero-order chi connectivity index (χ0) is 21.5. The number of rotatable bonds is 5. The molecule has 1 heterocycles. The monoisotopic (exact) mass is 417 g/mol. The Balaban J connectivity index is 1.86. The van der Waals surface area contributed by atoms with Gasteiger partial charge in [0, 0.05) is 29.2 Å². The van der Waals surface area contributed by atoms with Gasteiger partial charge in [-0.1, -0.05) is 67.2 Å². The minimum absolute atomic E-state index is 0.144. The number of aromatic nitrogens is 1. The van der Waals surface area contributed by atoms with Gasteiger partial charge in [0.2, 0.25) is 0 Å². The van der Waals surface area contributed by atoms with Gasteiger partial charge in [0.05, 0.1) is 10.6 Å². The number of aliphatic hydroxyl groups is 1. The highest BCUT2D eigenvalue weighted by atomic mass is 32.2. The summed E-state index contributed by atoms with van der Waals surface area (Å²) in [7, 11) is -1.81. The van der Waals surface area contributed by atoms with Gasteiger partial charge in [0.1, 0.15) is 5.76 Å². The zero-order valence-electron chi connectivity index (χ0n) is 17.0. The van der Waals surface area contributed by atoms with Gasteiger partial charge in [0.15, 0.2) is 9.84 Å². The lowest BCUT2D eigenvalue weighted by atomic mass is 9.99. The second kappa shape index (κ2) is 7.50. The van der Waals surface area contributed by atoms with Crippen LogP contribution in [0.25, 0.3) is 27.8 Å². The summed E-state index contributed by atoms with van der Waals surface area (Å²) >= 11 is 0. The van der Waals surface area contributed by atoms with E-state index in [0.717, 1.165) is 16.6 Å². The van der Waals surface area contributed by atoms with E-state index in [2.05, 4.69) is 6.58 Å². The van der Waals surface area contributed by atoms with Crippen molar-refractivity contribution in [2.24, 2.45) is 7.05 Å². The molecule has 0 saturated carbocycles. The average Bonchev–Trinajstić information content (AvgIpc) is 2.99. The summed E-state index contributed by atoms with van der Waals surface area (Å²) in [6.45, 7) is 5.44. The third kappa shape index (κ3) is 3.42.